The molecule has 4 heteroatoms. The van der Waals surface area contributed by atoms with Crippen LogP contribution in [0.3, 0.4) is 0 Å². The highest BCUT2D eigenvalue weighted by Crippen LogP contribution is 2.18. The molecule has 0 aliphatic carbocycles. The van der Waals surface area contributed by atoms with Gasteiger partial charge in [-0.25, -0.2) is 9.97 Å². The molecule has 3 heterocycles. The van der Waals surface area contributed by atoms with E-state index in [1.807, 2.05) is 12.1 Å². The van der Waals surface area contributed by atoms with Crippen LogP contribution in [0, 0.1) is 0 Å². The Hall–Kier alpha value is -1.42. The third-order valence-corrected chi connectivity index (χ3v) is 2.44. The number of hydrogen-bond acceptors (Lipinski definition) is 3. The van der Waals surface area contributed by atoms with E-state index in [1.54, 1.807) is 6.20 Å². The molecule has 0 aromatic carbocycles. The fourth-order valence-electron chi connectivity index (χ4n) is 1.54. The lowest BCUT2D eigenvalue weighted by atomic mass is 10.0. The van der Waals surface area contributed by atoms with Crippen LogP contribution in [-0.2, 0) is 0 Å². The Bertz CT molecular complexity index is 397. The van der Waals surface area contributed by atoms with Gasteiger partial charge in [-0.15, -0.1) is 0 Å². The first kappa shape index (κ1) is 7.03. The zero-order valence-corrected chi connectivity index (χ0v) is 7.12. The summed E-state index contributed by atoms with van der Waals surface area (Å²) in [7, 11) is 0. The molecule has 2 aromatic rings. The second-order valence-corrected chi connectivity index (χ2v) is 3.35. The molecule has 1 saturated heterocycles. The Labute approximate surface area is 75.4 Å². The van der Waals surface area contributed by atoms with Crippen molar-refractivity contribution < 1.29 is 0 Å². The molecule has 0 radical (unpaired) electrons. The lowest BCUT2D eigenvalue weighted by Gasteiger charge is -2.24. The fourth-order valence-corrected chi connectivity index (χ4v) is 1.54. The predicted molar refractivity (Wildman–Crippen MR) is 49.5 cm³/mol. The Morgan fingerprint density at radius 3 is 3.00 bits per heavy atom. The topological polar surface area (TPSA) is 53.6 Å². The minimum Gasteiger partial charge on any atom is -0.340 e. The molecule has 3 rings (SSSR count). The van der Waals surface area contributed by atoms with Crippen LogP contribution in [0.15, 0.2) is 18.3 Å². The van der Waals surface area contributed by atoms with Gasteiger partial charge >= 0.3 is 0 Å². The fraction of sp³-hybridized carbons (Fsp3) is 0.333. The van der Waals surface area contributed by atoms with Crippen LogP contribution >= 0.6 is 0 Å². The molecule has 66 valence electrons. The van der Waals surface area contributed by atoms with Gasteiger partial charge in [-0.05, 0) is 12.1 Å². The van der Waals surface area contributed by atoms with E-state index in [9.17, 15) is 0 Å². The zero-order chi connectivity index (χ0) is 8.67. The van der Waals surface area contributed by atoms with Crippen molar-refractivity contribution in [3.05, 3.63) is 24.2 Å². The van der Waals surface area contributed by atoms with Crippen LogP contribution in [0.25, 0.3) is 11.2 Å². The summed E-state index contributed by atoms with van der Waals surface area (Å²) in [5.74, 6) is 1.61. The van der Waals surface area contributed by atoms with Gasteiger partial charge in [-0.1, -0.05) is 0 Å². The largest absolute Gasteiger partial charge is 0.340 e. The first-order chi connectivity index (χ1) is 6.43. The van der Waals surface area contributed by atoms with Crippen molar-refractivity contribution in [2.24, 2.45) is 0 Å². The predicted octanol–water partition coefficient (Wildman–Crippen LogP) is 0.645. The minimum absolute atomic E-state index is 0.550. The zero-order valence-electron chi connectivity index (χ0n) is 7.12. The van der Waals surface area contributed by atoms with Gasteiger partial charge in [0.05, 0.1) is 5.52 Å². The monoisotopic (exact) mass is 174 g/mol. The summed E-state index contributed by atoms with van der Waals surface area (Å²) in [5.41, 5.74) is 1.86. The molecule has 1 aliphatic heterocycles. The Kier molecular flexibility index (Phi) is 1.37. The van der Waals surface area contributed by atoms with Crippen molar-refractivity contribution in [3.63, 3.8) is 0 Å². The first-order valence-electron chi connectivity index (χ1n) is 4.45. The van der Waals surface area contributed by atoms with Gasteiger partial charge < -0.3 is 10.3 Å². The molecule has 0 bridgehead atoms. The Balaban J connectivity index is 2.10. The normalized spacial score (nSPS) is 17.5. The van der Waals surface area contributed by atoms with Crippen LogP contribution in [0.2, 0.25) is 0 Å². The lowest BCUT2D eigenvalue weighted by molar-refractivity contribution is 0.433. The van der Waals surface area contributed by atoms with Gasteiger partial charge in [0.15, 0.2) is 5.65 Å². The maximum absolute atomic E-state index is 4.43. The summed E-state index contributed by atoms with van der Waals surface area (Å²) in [4.78, 5) is 11.9. The molecule has 1 fully saturated rings. The van der Waals surface area contributed by atoms with Crippen LogP contribution in [0.5, 0.6) is 0 Å². The van der Waals surface area contributed by atoms with Crippen LogP contribution < -0.4 is 5.32 Å². The summed E-state index contributed by atoms with van der Waals surface area (Å²) in [6, 6.07) is 3.92. The number of pyridine rings is 1. The van der Waals surface area contributed by atoms with Gasteiger partial charge in [0.25, 0.3) is 0 Å². The number of hydrogen-bond donors (Lipinski definition) is 2. The van der Waals surface area contributed by atoms with E-state index in [0.29, 0.717) is 5.92 Å². The van der Waals surface area contributed by atoms with Crippen LogP contribution in [-0.4, -0.2) is 28.0 Å². The molecule has 0 spiro atoms. The Morgan fingerprint density at radius 1 is 1.38 bits per heavy atom. The van der Waals surface area contributed by atoms with Gasteiger partial charge in [0.1, 0.15) is 5.82 Å². The van der Waals surface area contributed by atoms with E-state index in [2.05, 4.69) is 20.3 Å². The average molecular weight is 174 g/mol. The summed E-state index contributed by atoms with van der Waals surface area (Å²) in [6.07, 6.45) is 1.77. The SMILES string of the molecule is c1cnc2nc(C3CNC3)[nH]c2c1. The highest BCUT2D eigenvalue weighted by Gasteiger charge is 2.22. The van der Waals surface area contributed by atoms with Crippen molar-refractivity contribution in [1.82, 2.24) is 20.3 Å². The standard InChI is InChI=1S/C9H10N4/c1-2-7-9(11-3-1)13-8(12-7)6-4-10-5-6/h1-3,6,10H,4-5H2,(H,11,12,13). The van der Waals surface area contributed by atoms with Gasteiger partial charge in [0, 0.05) is 25.2 Å². The second kappa shape index (κ2) is 2.53. The Morgan fingerprint density at radius 2 is 2.31 bits per heavy atom. The molecule has 0 amide bonds. The van der Waals surface area contributed by atoms with E-state index >= 15 is 0 Å². The lowest BCUT2D eigenvalue weighted by Crippen LogP contribution is -2.40. The second-order valence-electron chi connectivity index (χ2n) is 3.35. The smallest absolute Gasteiger partial charge is 0.177 e. The maximum Gasteiger partial charge on any atom is 0.177 e. The molecule has 13 heavy (non-hydrogen) atoms. The number of fused-ring (bicyclic) bond motifs is 1. The molecule has 1 aliphatic rings. The van der Waals surface area contributed by atoms with Crippen LogP contribution in [0.1, 0.15) is 11.7 Å². The minimum atomic E-state index is 0.550. The molecule has 0 saturated carbocycles. The molecular weight excluding hydrogens is 164 g/mol. The molecule has 2 aromatic heterocycles. The summed E-state index contributed by atoms with van der Waals surface area (Å²) >= 11 is 0. The van der Waals surface area contributed by atoms with E-state index < -0.39 is 0 Å². The highest BCUT2D eigenvalue weighted by molar-refractivity contribution is 5.70. The third kappa shape index (κ3) is 1.02. The van der Waals surface area contributed by atoms with E-state index in [-0.39, 0.29) is 0 Å². The summed E-state index contributed by atoms with van der Waals surface area (Å²) in [5, 5.41) is 3.22. The van der Waals surface area contributed by atoms with E-state index in [4.69, 9.17) is 0 Å². The number of H-pyrrole nitrogens is 1. The van der Waals surface area contributed by atoms with Crippen LogP contribution in [0.4, 0.5) is 0 Å². The summed E-state index contributed by atoms with van der Waals surface area (Å²) < 4.78 is 0. The number of rotatable bonds is 1. The van der Waals surface area contributed by atoms with E-state index in [0.717, 1.165) is 30.1 Å². The molecule has 2 N–H and O–H groups in total. The molecule has 0 atom stereocenters. The molecular formula is C9H10N4. The number of aromatic amines is 1. The van der Waals surface area contributed by atoms with Crippen molar-refractivity contribution >= 4 is 11.2 Å². The third-order valence-electron chi connectivity index (χ3n) is 2.44. The number of aromatic nitrogens is 3. The number of nitrogens with one attached hydrogen (secondary N) is 2. The molecule has 0 unspecified atom stereocenters. The number of nitrogens with zero attached hydrogens (tertiary/aromatic N) is 2. The van der Waals surface area contributed by atoms with Gasteiger partial charge in [-0.2, -0.15) is 0 Å². The van der Waals surface area contributed by atoms with Crippen molar-refractivity contribution in [2.75, 3.05) is 13.1 Å². The average Bonchev–Trinajstić information content (AvgIpc) is 2.43. The van der Waals surface area contributed by atoms with Crippen molar-refractivity contribution in [3.8, 4) is 0 Å². The number of imidazole rings is 1. The first-order valence-corrected chi connectivity index (χ1v) is 4.45. The van der Waals surface area contributed by atoms with Crippen molar-refractivity contribution in [1.29, 1.82) is 0 Å². The van der Waals surface area contributed by atoms with E-state index in [1.165, 1.54) is 0 Å². The quantitative estimate of drug-likeness (QED) is 0.667. The van der Waals surface area contributed by atoms with Crippen molar-refractivity contribution in [2.45, 2.75) is 5.92 Å². The highest BCUT2D eigenvalue weighted by atomic mass is 15.0. The molecule has 4 nitrogen and oxygen atoms in total. The van der Waals surface area contributed by atoms with Gasteiger partial charge in [-0.3, -0.25) is 0 Å². The maximum atomic E-state index is 4.43. The van der Waals surface area contributed by atoms with Gasteiger partial charge in [0.2, 0.25) is 0 Å². The summed E-state index contributed by atoms with van der Waals surface area (Å²) in [6.45, 7) is 2.06.